The monoisotopic (exact) mass is 393 g/mol. The van der Waals surface area contributed by atoms with E-state index in [1.807, 2.05) is 67.8 Å². The van der Waals surface area contributed by atoms with E-state index in [1.54, 1.807) is 6.08 Å². The van der Waals surface area contributed by atoms with Crippen LogP contribution in [-0.4, -0.2) is 73.2 Å². The van der Waals surface area contributed by atoms with E-state index in [9.17, 15) is 13.2 Å². The predicted molar refractivity (Wildman–Crippen MR) is 110 cm³/mol. The Morgan fingerprint density at radius 2 is 1.59 bits per heavy atom. The highest BCUT2D eigenvalue weighted by atomic mass is 32.2. The zero-order valence-corrected chi connectivity index (χ0v) is 17.5. The van der Waals surface area contributed by atoms with Gasteiger partial charge in [0.05, 0.1) is 6.54 Å². The van der Waals surface area contributed by atoms with Crippen LogP contribution in [0.3, 0.4) is 0 Å². The molecule has 1 aromatic carbocycles. The molecule has 0 saturated carbocycles. The molecule has 1 heterocycles. The number of benzene rings is 1. The predicted octanol–water partition coefficient (Wildman–Crippen LogP) is 2.25. The number of carbonyl (C=O) groups is 1. The van der Waals surface area contributed by atoms with Crippen LogP contribution in [0.2, 0.25) is 0 Å². The van der Waals surface area contributed by atoms with E-state index >= 15 is 0 Å². The van der Waals surface area contributed by atoms with Crippen molar-refractivity contribution in [3.63, 3.8) is 0 Å². The van der Waals surface area contributed by atoms with Gasteiger partial charge < -0.3 is 4.90 Å². The van der Waals surface area contributed by atoms with E-state index in [4.69, 9.17) is 0 Å². The summed E-state index contributed by atoms with van der Waals surface area (Å²) < 4.78 is 26.5. The average Bonchev–Trinajstić information content (AvgIpc) is 2.61. The Kier molecular flexibility index (Phi) is 7.59. The number of amides is 1. The Morgan fingerprint density at radius 1 is 1.04 bits per heavy atom. The van der Waals surface area contributed by atoms with Crippen LogP contribution in [0.15, 0.2) is 35.7 Å². The van der Waals surface area contributed by atoms with Gasteiger partial charge in [-0.05, 0) is 39.3 Å². The Hall–Kier alpha value is -1.70. The van der Waals surface area contributed by atoms with E-state index in [0.29, 0.717) is 32.7 Å². The highest BCUT2D eigenvalue weighted by Gasteiger charge is 2.28. The van der Waals surface area contributed by atoms with Crippen molar-refractivity contribution in [3.05, 3.63) is 41.3 Å². The van der Waals surface area contributed by atoms with Crippen molar-refractivity contribution in [2.45, 2.75) is 39.8 Å². The summed E-state index contributed by atoms with van der Waals surface area (Å²) in [6, 6.07) is 9.69. The molecule has 7 heteroatoms. The number of hydrogen-bond acceptors (Lipinski definition) is 4. The SMILES string of the molecule is CC(C)N(C(=O)CN1CCN(S(=O)(=O)/C=C/c2ccccc2)CC1)C(C)C. The highest BCUT2D eigenvalue weighted by molar-refractivity contribution is 7.92. The lowest BCUT2D eigenvalue weighted by atomic mass is 10.2. The third kappa shape index (κ3) is 6.16. The lowest BCUT2D eigenvalue weighted by Gasteiger charge is -2.36. The van der Waals surface area contributed by atoms with Crippen molar-refractivity contribution in [1.82, 2.24) is 14.1 Å². The zero-order chi connectivity index (χ0) is 20.0. The number of sulfonamides is 1. The summed E-state index contributed by atoms with van der Waals surface area (Å²) >= 11 is 0. The van der Waals surface area contributed by atoms with Crippen molar-refractivity contribution in [3.8, 4) is 0 Å². The molecule has 2 rings (SSSR count). The number of carbonyl (C=O) groups excluding carboxylic acids is 1. The maximum Gasteiger partial charge on any atom is 0.237 e. The first kappa shape index (κ1) is 21.6. The smallest absolute Gasteiger partial charge is 0.237 e. The molecule has 1 amide bonds. The van der Waals surface area contributed by atoms with Crippen molar-refractivity contribution in [2.75, 3.05) is 32.7 Å². The summed E-state index contributed by atoms with van der Waals surface area (Å²) in [5, 5.41) is 1.27. The van der Waals surface area contributed by atoms with E-state index in [-0.39, 0.29) is 18.0 Å². The van der Waals surface area contributed by atoms with Crippen LogP contribution in [0.4, 0.5) is 0 Å². The summed E-state index contributed by atoms with van der Waals surface area (Å²) in [6.45, 7) is 10.3. The highest BCUT2D eigenvalue weighted by Crippen LogP contribution is 2.13. The van der Waals surface area contributed by atoms with E-state index in [2.05, 4.69) is 0 Å². The molecule has 0 radical (unpaired) electrons. The maximum atomic E-state index is 12.6. The lowest BCUT2D eigenvalue weighted by molar-refractivity contribution is -0.136. The third-order valence-corrected chi connectivity index (χ3v) is 6.25. The second kappa shape index (κ2) is 9.48. The standard InChI is InChI=1S/C20H31N3O3S/c1-17(2)23(18(3)4)20(24)16-21-11-13-22(14-12-21)27(25,26)15-10-19-8-6-5-7-9-19/h5-10,15,17-18H,11-14,16H2,1-4H3/b15-10+. The molecule has 0 aliphatic carbocycles. The van der Waals surface area contributed by atoms with Gasteiger partial charge in [-0.2, -0.15) is 4.31 Å². The van der Waals surface area contributed by atoms with Crippen LogP contribution in [0.1, 0.15) is 33.3 Å². The van der Waals surface area contributed by atoms with Gasteiger partial charge in [0.15, 0.2) is 0 Å². The molecule has 0 spiro atoms. The molecule has 1 aliphatic rings. The summed E-state index contributed by atoms with van der Waals surface area (Å²) in [4.78, 5) is 16.5. The normalized spacial score (nSPS) is 17.1. The van der Waals surface area contributed by atoms with Crippen molar-refractivity contribution in [2.24, 2.45) is 0 Å². The third-order valence-electron chi connectivity index (χ3n) is 4.68. The van der Waals surface area contributed by atoms with Crippen LogP contribution >= 0.6 is 0 Å². The fourth-order valence-corrected chi connectivity index (χ4v) is 4.58. The Labute approximate surface area is 163 Å². The average molecular weight is 394 g/mol. The summed E-state index contributed by atoms with van der Waals surface area (Å²) in [7, 11) is -3.45. The maximum absolute atomic E-state index is 12.6. The number of piperazine rings is 1. The molecule has 1 saturated heterocycles. The molecule has 0 atom stereocenters. The van der Waals surface area contributed by atoms with Crippen molar-refractivity contribution in [1.29, 1.82) is 0 Å². The van der Waals surface area contributed by atoms with Crippen LogP contribution in [-0.2, 0) is 14.8 Å². The minimum absolute atomic E-state index is 0.0975. The first-order valence-electron chi connectivity index (χ1n) is 9.47. The van der Waals surface area contributed by atoms with Gasteiger partial charge in [0.1, 0.15) is 0 Å². The molecule has 0 bridgehead atoms. The molecule has 0 unspecified atom stereocenters. The summed E-state index contributed by atoms with van der Waals surface area (Å²) in [5.41, 5.74) is 0.854. The fraction of sp³-hybridized carbons (Fsp3) is 0.550. The first-order chi connectivity index (χ1) is 12.7. The molecular formula is C20H31N3O3S. The summed E-state index contributed by atoms with van der Waals surface area (Å²) in [5.74, 6) is 0.0975. The van der Waals surface area contributed by atoms with Gasteiger partial charge in [0.2, 0.25) is 15.9 Å². The van der Waals surface area contributed by atoms with E-state index in [1.165, 1.54) is 9.71 Å². The van der Waals surface area contributed by atoms with Crippen molar-refractivity contribution < 1.29 is 13.2 Å². The topological polar surface area (TPSA) is 60.9 Å². The van der Waals surface area contributed by atoms with Gasteiger partial charge in [0, 0.05) is 43.7 Å². The van der Waals surface area contributed by atoms with Crippen LogP contribution in [0.5, 0.6) is 0 Å². The molecule has 1 aliphatic heterocycles. The molecular weight excluding hydrogens is 362 g/mol. The molecule has 1 fully saturated rings. The van der Waals surface area contributed by atoms with Crippen LogP contribution < -0.4 is 0 Å². The Balaban J connectivity index is 1.90. The van der Waals surface area contributed by atoms with Gasteiger partial charge in [-0.3, -0.25) is 9.69 Å². The van der Waals surface area contributed by atoms with Gasteiger partial charge in [0.25, 0.3) is 0 Å². The van der Waals surface area contributed by atoms with Gasteiger partial charge >= 0.3 is 0 Å². The zero-order valence-electron chi connectivity index (χ0n) is 16.7. The molecule has 1 aromatic rings. The molecule has 0 N–H and O–H groups in total. The first-order valence-corrected chi connectivity index (χ1v) is 11.0. The second-order valence-electron chi connectivity index (χ2n) is 7.42. The molecule has 27 heavy (non-hydrogen) atoms. The van der Waals surface area contributed by atoms with E-state index in [0.717, 1.165) is 5.56 Å². The quantitative estimate of drug-likeness (QED) is 0.713. The van der Waals surface area contributed by atoms with Gasteiger partial charge in [-0.15, -0.1) is 0 Å². The van der Waals surface area contributed by atoms with Crippen LogP contribution in [0.25, 0.3) is 6.08 Å². The molecule has 150 valence electrons. The minimum Gasteiger partial charge on any atom is -0.337 e. The summed E-state index contributed by atoms with van der Waals surface area (Å²) in [6.07, 6.45) is 1.62. The Morgan fingerprint density at radius 3 is 2.11 bits per heavy atom. The molecule has 6 nitrogen and oxygen atoms in total. The second-order valence-corrected chi connectivity index (χ2v) is 9.24. The largest absolute Gasteiger partial charge is 0.337 e. The van der Waals surface area contributed by atoms with E-state index < -0.39 is 10.0 Å². The number of nitrogens with zero attached hydrogens (tertiary/aromatic N) is 3. The molecule has 0 aromatic heterocycles. The van der Waals surface area contributed by atoms with Crippen molar-refractivity contribution >= 4 is 22.0 Å². The van der Waals surface area contributed by atoms with Gasteiger partial charge in [-0.1, -0.05) is 30.3 Å². The number of hydrogen-bond donors (Lipinski definition) is 0. The number of rotatable bonds is 7. The minimum atomic E-state index is -3.45. The fourth-order valence-electron chi connectivity index (χ4n) is 3.40. The lowest BCUT2D eigenvalue weighted by Crippen LogP contribution is -2.53. The van der Waals surface area contributed by atoms with Crippen LogP contribution in [0, 0.1) is 0 Å². The Bertz CT molecular complexity index is 729. The van der Waals surface area contributed by atoms with Gasteiger partial charge in [-0.25, -0.2) is 8.42 Å².